The fraction of sp³-hybridized carbons (Fsp3) is 0.182. The Morgan fingerprint density at radius 3 is 2.71 bits per heavy atom. The second-order valence-electron chi connectivity index (χ2n) is 2.84. The van der Waals surface area contributed by atoms with Gasteiger partial charge in [0, 0.05) is 6.42 Å². The van der Waals surface area contributed by atoms with Crippen molar-refractivity contribution in [2.45, 2.75) is 6.42 Å². The third-order valence-corrected chi connectivity index (χ3v) is 2.09. The normalized spacial score (nSPS) is 9.57. The van der Waals surface area contributed by atoms with E-state index < -0.39 is 0 Å². The number of allylic oxidation sites excluding steroid dienone is 1. The molecule has 0 saturated heterocycles. The van der Waals surface area contributed by atoms with Crippen LogP contribution in [0, 0.1) is 0 Å². The van der Waals surface area contributed by atoms with Gasteiger partial charge in [-0.05, 0) is 16.1 Å². The van der Waals surface area contributed by atoms with Gasteiger partial charge in [-0.25, -0.2) is 4.79 Å². The van der Waals surface area contributed by atoms with Crippen molar-refractivity contribution in [1.82, 2.24) is 0 Å². The summed E-state index contributed by atoms with van der Waals surface area (Å²) < 4.78 is 5.52. The molecular formula is C11H11BrO2. The van der Waals surface area contributed by atoms with Crippen LogP contribution in [-0.4, -0.2) is 13.1 Å². The van der Waals surface area contributed by atoms with Gasteiger partial charge in [-0.3, -0.25) is 0 Å². The van der Waals surface area contributed by atoms with Gasteiger partial charge in [-0.2, -0.15) is 0 Å². The third kappa shape index (κ3) is 2.70. The zero-order chi connectivity index (χ0) is 10.6. The minimum atomic E-state index is -0.311. The summed E-state index contributed by atoms with van der Waals surface area (Å²) in [6.07, 6.45) is 0.630. The van der Waals surface area contributed by atoms with E-state index in [4.69, 9.17) is 0 Å². The highest BCUT2D eigenvalue weighted by Gasteiger charge is 2.10. The van der Waals surface area contributed by atoms with E-state index >= 15 is 0 Å². The van der Waals surface area contributed by atoms with Crippen molar-refractivity contribution in [2.24, 2.45) is 0 Å². The number of ether oxygens (including phenoxy) is 1. The van der Waals surface area contributed by atoms with Gasteiger partial charge in [0.1, 0.15) is 0 Å². The predicted octanol–water partition coefficient (Wildman–Crippen LogP) is 2.92. The molecule has 0 heterocycles. The molecule has 74 valence electrons. The summed E-state index contributed by atoms with van der Waals surface area (Å²) in [5, 5.41) is 0. The molecule has 0 radical (unpaired) electrons. The fourth-order valence-corrected chi connectivity index (χ4v) is 1.49. The van der Waals surface area contributed by atoms with Crippen molar-refractivity contribution in [3.05, 3.63) is 46.5 Å². The molecule has 0 unspecified atom stereocenters. The third-order valence-electron chi connectivity index (χ3n) is 1.80. The van der Waals surface area contributed by atoms with Crippen LogP contribution >= 0.6 is 15.9 Å². The maximum Gasteiger partial charge on any atom is 0.338 e. The van der Waals surface area contributed by atoms with Crippen molar-refractivity contribution >= 4 is 21.9 Å². The summed E-state index contributed by atoms with van der Waals surface area (Å²) in [5.74, 6) is -0.311. The van der Waals surface area contributed by atoms with Gasteiger partial charge in [0.15, 0.2) is 0 Å². The summed E-state index contributed by atoms with van der Waals surface area (Å²) in [7, 11) is 1.38. The van der Waals surface area contributed by atoms with E-state index in [0.29, 0.717) is 12.0 Å². The van der Waals surface area contributed by atoms with Crippen LogP contribution < -0.4 is 0 Å². The molecule has 0 spiro atoms. The number of esters is 1. The van der Waals surface area contributed by atoms with Crippen LogP contribution in [0.5, 0.6) is 0 Å². The van der Waals surface area contributed by atoms with Crippen LogP contribution in [0.15, 0.2) is 35.3 Å². The first-order valence-corrected chi connectivity index (χ1v) is 4.94. The molecule has 2 nitrogen and oxygen atoms in total. The average molecular weight is 255 g/mol. The molecule has 14 heavy (non-hydrogen) atoms. The Bertz CT molecular complexity index is 358. The molecule has 0 aliphatic heterocycles. The van der Waals surface area contributed by atoms with E-state index in [0.717, 1.165) is 10.0 Å². The van der Waals surface area contributed by atoms with E-state index in [9.17, 15) is 4.79 Å². The van der Waals surface area contributed by atoms with Crippen molar-refractivity contribution in [2.75, 3.05) is 7.11 Å². The van der Waals surface area contributed by atoms with Crippen LogP contribution in [0.4, 0.5) is 0 Å². The van der Waals surface area contributed by atoms with Gasteiger partial charge in [0.05, 0.1) is 12.7 Å². The average Bonchev–Trinajstić information content (AvgIpc) is 2.16. The summed E-state index contributed by atoms with van der Waals surface area (Å²) in [6, 6.07) is 7.33. The second kappa shape index (κ2) is 4.96. The highest BCUT2D eigenvalue weighted by Crippen LogP contribution is 2.16. The minimum absolute atomic E-state index is 0.311. The van der Waals surface area contributed by atoms with Crippen LogP contribution in [0.2, 0.25) is 0 Å². The van der Waals surface area contributed by atoms with Crippen molar-refractivity contribution in [3.63, 3.8) is 0 Å². The topological polar surface area (TPSA) is 26.3 Å². The lowest BCUT2D eigenvalue weighted by molar-refractivity contribution is 0.0599. The predicted molar refractivity (Wildman–Crippen MR) is 59.6 cm³/mol. The van der Waals surface area contributed by atoms with E-state index in [1.165, 1.54) is 7.11 Å². The standard InChI is InChI=1S/C11H11BrO2/c1-8(12)7-9-5-3-4-6-10(9)11(13)14-2/h3-6H,1,7H2,2H3. The Balaban J connectivity index is 3.02. The molecule has 3 heteroatoms. The highest BCUT2D eigenvalue weighted by atomic mass is 79.9. The number of carbonyl (C=O) groups excluding carboxylic acids is 1. The molecule has 0 atom stereocenters. The van der Waals surface area contributed by atoms with Gasteiger partial charge in [-0.1, -0.05) is 40.7 Å². The van der Waals surface area contributed by atoms with Crippen LogP contribution in [0.3, 0.4) is 0 Å². The number of hydrogen-bond donors (Lipinski definition) is 0. The first kappa shape index (κ1) is 11.0. The van der Waals surface area contributed by atoms with E-state index in [1.807, 2.05) is 18.2 Å². The summed E-state index contributed by atoms with van der Waals surface area (Å²) >= 11 is 3.27. The van der Waals surface area contributed by atoms with Gasteiger partial charge >= 0.3 is 5.97 Å². The minimum Gasteiger partial charge on any atom is -0.465 e. The zero-order valence-electron chi connectivity index (χ0n) is 7.92. The Labute approximate surface area is 91.7 Å². The molecule has 0 fully saturated rings. The molecule has 0 aliphatic carbocycles. The zero-order valence-corrected chi connectivity index (χ0v) is 9.50. The van der Waals surface area contributed by atoms with E-state index in [1.54, 1.807) is 6.07 Å². The molecule has 0 N–H and O–H groups in total. The Hall–Kier alpha value is -1.09. The number of hydrogen-bond acceptors (Lipinski definition) is 2. The number of halogens is 1. The number of carbonyl (C=O) groups is 1. The fourth-order valence-electron chi connectivity index (χ4n) is 1.19. The van der Waals surface area contributed by atoms with Crippen LogP contribution in [0.1, 0.15) is 15.9 Å². The maximum absolute atomic E-state index is 11.3. The summed E-state index contributed by atoms with van der Waals surface area (Å²) in [5.41, 5.74) is 1.51. The van der Waals surface area contributed by atoms with Gasteiger partial charge in [0.25, 0.3) is 0 Å². The van der Waals surface area contributed by atoms with E-state index in [2.05, 4.69) is 27.2 Å². The number of methoxy groups -OCH3 is 1. The monoisotopic (exact) mass is 254 g/mol. The van der Waals surface area contributed by atoms with Crippen molar-refractivity contribution in [1.29, 1.82) is 0 Å². The highest BCUT2D eigenvalue weighted by molar-refractivity contribution is 9.11. The first-order valence-electron chi connectivity index (χ1n) is 4.14. The Kier molecular flexibility index (Phi) is 3.89. The molecule has 0 saturated carbocycles. The Morgan fingerprint density at radius 2 is 2.14 bits per heavy atom. The molecule has 0 aliphatic rings. The lowest BCUT2D eigenvalue weighted by Gasteiger charge is -2.06. The molecule has 0 aromatic heterocycles. The lowest BCUT2D eigenvalue weighted by atomic mass is 10.1. The second-order valence-corrected chi connectivity index (χ2v) is 3.96. The first-order chi connectivity index (χ1) is 6.65. The summed E-state index contributed by atoms with van der Waals surface area (Å²) in [4.78, 5) is 11.3. The molecular weight excluding hydrogens is 244 g/mol. The number of benzene rings is 1. The van der Waals surface area contributed by atoms with Gasteiger partial charge < -0.3 is 4.74 Å². The van der Waals surface area contributed by atoms with Crippen molar-refractivity contribution < 1.29 is 9.53 Å². The quantitative estimate of drug-likeness (QED) is 0.776. The van der Waals surface area contributed by atoms with Crippen LogP contribution in [0.25, 0.3) is 0 Å². The van der Waals surface area contributed by atoms with E-state index in [-0.39, 0.29) is 5.97 Å². The molecule has 0 bridgehead atoms. The smallest absolute Gasteiger partial charge is 0.338 e. The van der Waals surface area contributed by atoms with Crippen LogP contribution in [-0.2, 0) is 11.2 Å². The SMILES string of the molecule is C=C(Br)Cc1ccccc1C(=O)OC. The lowest BCUT2D eigenvalue weighted by Crippen LogP contribution is -2.05. The van der Waals surface area contributed by atoms with Crippen molar-refractivity contribution in [3.8, 4) is 0 Å². The molecule has 1 rings (SSSR count). The van der Waals surface area contributed by atoms with Gasteiger partial charge in [-0.15, -0.1) is 0 Å². The molecule has 0 amide bonds. The number of rotatable bonds is 3. The summed E-state index contributed by atoms with van der Waals surface area (Å²) in [6.45, 7) is 3.74. The van der Waals surface area contributed by atoms with Gasteiger partial charge in [0.2, 0.25) is 0 Å². The Morgan fingerprint density at radius 1 is 1.50 bits per heavy atom. The maximum atomic E-state index is 11.3. The largest absolute Gasteiger partial charge is 0.465 e. The molecule has 1 aromatic carbocycles. The molecule has 1 aromatic rings.